The fourth-order valence-electron chi connectivity index (χ4n) is 3.40. The Balaban J connectivity index is 2.04. The van der Waals surface area contributed by atoms with Gasteiger partial charge >= 0.3 is 0 Å². The summed E-state index contributed by atoms with van der Waals surface area (Å²) in [6.45, 7) is 8.57. The van der Waals surface area contributed by atoms with Crippen LogP contribution >= 0.6 is 0 Å². The van der Waals surface area contributed by atoms with Crippen LogP contribution in [-0.2, 0) is 9.59 Å². The molecule has 0 aromatic heterocycles. The fraction of sp³-hybridized carbons (Fsp3) is 0.867. The molecule has 2 aliphatic heterocycles. The van der Waals surface area contributed by atoms with Gasteiger partial charge < -0.3 is 9.80 Å². The van der Waals surface area contributed by atoms with Crippen LogP contribution < -0.4 is 0 Å². The topological polar surface area (TPSA) is 40.6 Å². The molecule has 108 valence electrons. The average molecular weight is 266 g/mol. The second-order valence-corrected chi connectivity index (χ2v) is 6.17. The molecule has 2 saturated heterocycles. The third kappa shape index (κ3) is 2.93. The summed E-state index contributed by atoms with van der Waals surface area (Å²) in [5.41, 5.74) is 0. The number of carbonyl (C=O) groups is 2. The van der Waals surface area contributed by atoms with Gasteiger partial charge in [0.25, 0.3) is 0 Å². The maximum Gasteiger partial charge on any atom is 0.228 e. The highest BCUT2D eigenvalue weighted by Gasteiger charge is 2.38. The van der Waals surface area contributed by atoms with Crippen molar-refractivity contribution >= 4 is 11.8 Å². The number of rotatable bonds is 3. The van der Waals surface area contributed by atoms with Crippen molar-refractivity contribution in [1.29, 1.82) is 0 Å². The molecular formula is C15H26N2O2. The summed E-state index contributed by atoms with van der Waals surface area (Å²) < 4.78 is 0. The minimum absolute atomic E-state index is 0.105. The van der Waals surface area contributed by atoms with Gasteiger partial charge in [-0.2, -0.15) is 0 Å². The zero-order valence-corrected chi connectivity index (χ0v) is 12.4. The lowest BCUT2D eigenvalue weighted by molar-refractivity contribution is -0.140. The van der Waals surface area contributed by atoms with E-state index in [0.717, 1.165) is 25.9 Å². The molecule has 4 heteroatoms. The first-order valence-electron chi connectivity index (χ1n) is 7.62. The average Bonchev–Trinajstić information content (AvgIpc) is 2.79. The summed E-state index contributed by atoms with van der Waals surface area (Å²) in [7, 11) is 0. The van der Waals surface area contributed by atoms with Crippen LogP contribution in [-0.4, -0.2) is 47.3 Å². The lowest BCUT2D eigenvalue weighted by Gasteiger charge is -2.39. The number of hydrogen-bond donors (Lipinski definition) is 0. The summed E-state index contributed by atoms with van der Waals surface area (Å²) >= 11 is 0. The van der Waals surface area contributed by atoms with Gasteiger partial charge in [-0.05, 0) is 32.1 Å². The van der Waals surface area contributed by atoms with E-state index in [1.807, 2.05) is 6.92 Å². The Kier molecular flexibility index (Phi) is 4.48. The van der Waals surface area contributed by atoms with Crippen LogP contribution in [0.5, 0.6) is 0 Å². The van der Waals surface area contributed by atoms with Gasteiger partial charge in [0.05, 0.1) is 5.92 Å². The van der Waals surface area contributed by atoms with Crippen LogP contribution in [0.25, 0.3) is 0 Å². The maximum atomic E-state index is 12.7. The zero-order chi connectivity index (χ0) is 14.0. The largest absolute Gasteiger partial charge is 0.342 e. The van der Waals surface area contributed by atoms with E-state index in [4.69, 9.17) is 0 Å². The number of nitrogens with zero attached hydrogens (tertiary/aromatic N) is 2. The van der Waals surface area contributed by atoms with Crippen LogP contribution in [0.4, 0.5) is 0 Å². The molecule has 0 aromatic carbocycles. The Labute approximate surface area is 116 Å². The lowest BCUT2D eigenvalue weighted by atomic mass is 9.91. The Bertz CT molecular complexity index is 354. The Morgan fingerprint density at radius 1 is 1.37 bits per heavy atom. The maximum absolute atomic E-state index is 12.7. The van der Waals surface area contributed by atoms with E-state index >= 15 is 0 Å². The van der Waals surface area contributed by atoms with Crippen molar-refractivity contribution in [1.82, 2.24) is 9.80 Å². The number of amides is 2. The molecule has 2 fully saturated rings. The second kappa shape index (κ2) is 5.93. The molecule has 2 aliphatic rings. The second-order valence-electron chi connectivity index (χ2n) is 6.17. The van der Waals surface area contributed by atoms with Crippen molar-refractivity contribution < 1.29 is 9.59 Å². The van der Waals surface area contributed by atoms with Gasteiger partial charge in [0.1, 0.15) is 0 Å². The molecular weight excluding hydrogens is 240 g/mol. The Morgan fingerprint density at radius 2 is 2.11 bits per heavy atom. The van der Waals surface area contributed by atoms with E-state index in [0.29, 0.717) is 24.9 Å². The third-order valence-corrected chi connectivity index (χ3v) is 4.55. The normalized spacial score (nSPS) is 28.3. The summed E-state index contributed by atoms with van der Waals surface area (Å²) in [5, 5.41) is 0. The Hall–Kier alpha value is -1.06. The van der Waals surface area contributed by atoms with Gasteiger partial charge in [-0.25, -0.2) is 0 Å². The van der Waals surface area contributed by atoms with Crippen molar-refractivity contribution in [3.63, 3.8) is 0 Å². The standard InChI is InChI=1S/C15H26N2O2/c1-4-16-10-12(9-14(16)18)15(19)17-8-6-5-7-13(17)11(2)3/h11-13H,4-10H2,1-3H3/t12-,13+/m0/s1. The Morgan fingerprint density at radius 3 is 2.68 bits per heavy atom. The number of likely N-dealkylation sites (tertiary alicyclic amines) is 2. The van der Waals surface area contributed by atoms with Crippen LogP contribution in [0.2, 0.25) is 0 Å². The lowest BCUT2D eigenvalue weighted by Crippen LogP contribution is -2.49. The predicted octanol–water partition coefficient (Wildman–Crippen LogP) is 1.89. The number of carbonyl (C=O) groups excluding carboxylic acids is 2. The van der Waals surface area contributed by atoms with Crippen LogP contribution in [0.1, 0.15) is 46.5 Å². The van der Waals surface area contributed by atoms with Crippen LogP contribution in [0.15, 0.2) is 0 Å². The quantitative estimate of drug-likeness (QED) is 0.782. The molecule has 0 bridgehead atoms. The molecule has 2 amide bonds. The van der Waals surface area contributed by atoms with Gasteiger partial charge in [0.15, 0.2) is 0 Å². The van der Waals surface area contributed by atoms with Crippen molar-refractivity contribution in [3.05, 3.63) is 0 Å². The molecule has 0 N–H and O–H groups in total. The molecule has 0 radical (unpaired) electrons. The minimum Gasteiger partial charge on any atom is -0.342 e. The molecule has 19 heavy (non-hydrogen) atoms. The van der Waals surface area contributed by atoms with Crippen LogP contribution in [0.3, 0.4) is 0 Å². The van der Waals surface area contributed by atoms with E-state index in [1.165, 1.54) is 6.42 Å². The fourth-order valence-corrected chi connectivity index (χ4v) is 3.40. The molecule has 2 heterocycles. The first-order chi connectivity index (χ1) is 9.04. The van der Waals surface area contributed by atoms with E-state index in [1.54, 1.807) is 4.90 Å². The van der Waals surface area contributed by atoms with E-state index in [-0.39, 0.29) is 17.7 Å². The SMILES string of the molecule is CCN1C[C@@H](C(=O)N2CCCC[C@@H]2C(C)C)CC1=O. The summed E-state index contributed by atoms with van der Waals surface area (Å²) in [4.78, 5) is 28.3. The molecule has 2 rings (SSSR count). The number of hydrogen-bond acceptors (Lipinski definition) is 2. The van der Waals surface area contributed by atoms with Gasteiger partial charge in [0, 0.05) is 32.1 Å². The van der Waals surface area contributed by atoms with E-state index in [2.05, 4.69) is 18.7 Å². The molecule has 0 saturated carbocycles. The summed E-state index contributed by atoms with van der Waals surface area (Å²) in [6, 6.07) is 0.368. The van der Waals surface area contributed by atoms with Crippen molar-refractivity contribution in [2.45, 2.75) is 52.5 Å². The van der Waals surface area contributed by atoms with Crippen LogP contribution in [0, 0.1) is 11.8 Å². The molecule has 0 spiro atoms. The van der Waals surface area contributed by atoms with E-state index < -0.39 is 0 Å². The number of piperidine rings is 1. The molecule has 0 aromatic rings. The van der Waals surface area contributed by atoms with Crippen molar-refractivity contribution in [3.8, 4) is 0 Å². The van der Waals surface area contributed by atoms with Gasteiger partial charge in [-0.15, -0.1) is 0 Å². The first kappa shape index (κ1) is 14.4. The molecule has 4 nitrogen and oxygen atoms in total. The summed E-state index contributed by atoms with van der Waals surface area (Å²) in [5.74, 6) is 0.747. The van der Waals surface area contributed by atoms with E-state index in [9.17, 15) is 9.59 Å². The monoisotopic (exact) mass is 266 g/mol. The molecule has 2 atom stereocenters. The van der Waals surface area contributed by atoms with Crippen molar-refractivity contribution in [2.75, 3.05) is 19.6 Å². The first-order valence-corrected chi connectivity index (χ1v) is 7.62. The predicted molar refractivity (Wildman–Crippen MR) is 74.6 cm³/mol. The molecule has 0 unspecified atom stereocenters. The van der Waals surface area contributed by atoms with Crippen molar-refractivity contribution in [2.24, 2.45) is 11.8 Å². The third-order valence-electron chi connectivity index (χ3n) is 4.55. The smallest absolute Gasteiger partial charge is 0.228 e. The van der Waals surface area contributed by atoms with Gasteiger partial charge in [-0.1, -0.05) is 13.8 Å². The molecule has 0 aliphatic carbocycles. The minimum atomic E-state index is -0.105. The van der Waals surface area contributed by atoms with Gasteiger partial charge in [-0.3, -0.25) is 9.59 Å². The summed E-state index contributed by atoms with van der Waals surface area (Å²) in [6.07, 6.45) is 3.85. The zero-order valence-electron chi connectivity index (χ0n) is 12.4. The van der Waals surface area contributed by atoms with Gasteiger partial charge in [0.2, 0.25) is 11.8 Å². The highest BCUT2D eigenvalue weighted by atomic mass is 16.2. The highest BCUT2D eigenvalue weighted by Crippen LogP contribution is 2.27. The highest BCUT2D eigenvalue weighted by molar-refractivity contribution is 5.89.